The van der Waals surface area contributed by atoms with Gasteiger partial charge in [-0.25, -0.2) is 10.2 Å². The molecule has 36 heavy (non-hydrogen) atoms. The first kappa shape index (κ1) is 24.2. The number of hydrogen-bond acceptors (Lipinski definition) is 4. The Morgan fingerprint density at radius 3 is 2.64 bits per heavy atom. The zero-order valence-corrected chi connectivity index (χ0v) is 20.0. The molecule has 1 aliphatic carbocycles. The van der Waals surface area contributed by atoms with E-state index in [1.807, 2.05) is 13.0 Å². The number of carbonyl (C=O) groups is 1. The Labute approximate surface area is 206 Å². The molecule has 3 aromatic rings. The van der Waals surface area contributed by atoms with Gasteiger partial charge < -0.3 is 14.5 Å². The van der Waals surface area contributed by atoms with E-state index in [4.69, 9.17) is 9.15 Å². The molecule has 0 radical (unpaired) electrons. The van der Waals surface area contributed by atoms with Crippen molar-refractivity contribution in [2.75, 3.05) is 5.32 Å². The Balaban J connectivity index is 1.39. The van der Waals surface area contributed by atoms with E-state index in [1.165, 1.54) is 37.0 Å². The highest BCUT2D eigenvalue weighted by Crippen LogP contribution is 2.43. The second-order valence-electron chi connectivity index (χ2n) is 9.52. The summed E-state index contributed by atoms with van der Waals surface area (Å²) in [7, 11) is 0. The van der Waals surface area contributed by atoms with Crippen LogP contribution in [0.3, 0.4) is 0 Å². The summed E-state index contributed by atoms with van der Waals surface area (Å²) in [6.45, 7) is 2.03. The number of rotatable bonds is 3. The van der Waals surface area contributed by atoms with Crippen molar-refractivity contribution in [2.45, 2.75) is 70.1 Å². The van der Waals surface area contributed by atoms with Gasteiger partial charge in [0.15, 0.2) is 0 Å². The van der Waals surface area contributed by atoms with Crippen LogP contribution in [0.25, 0.3) is 11.0 Å². The van der Waals surface area contributed by atoms with Gasteiger partial charge in [-0.05, 0) is 80.3 Å². The third kappa shape index (κ3) is 5.05. The lowest BCUT2D eigenvalue weighted by molar-refractivity contribution is -0.137. The van der Waals surface area contributed by atoms with Gasteiger partial charge in [0.25, 0.3) is 0 Å². The molecule has 190 valence electrons. The van der Waals surface area contributed by atoms with Crippen LogP contribution in [-0.2, 0) is 19.0 Å². The number of urea groups is 1. The van der Waals surface area contributed by atoms with Gasteiger partial charge in [0, 0.05) is 23.2 Å². The third-order valence-corrected chi connectivity index (χ3v) is 7.06. The van der Waals surface area contributed by atoms with Crippen molar-refractivity contribution < 1.29 is 27.1 Å². The van der Waals surface area contributed by atoms with Crippen LogP contribution in [-0.4, -0.2) is 11.6 Å². The smallest absolute Gasteiger partial charge is 0.416 e. The summed E-state index contributed by atoms with van der Waals surface area (Å²) >= 11 is 0. The predicted octanol–water partition coefficient (Wildman–Crippen LogP) is 6.68. The monoisotopic (exact) mass is 499 g/mol. The van der Waals surface area contributed by atoms with Crippen molar-refractivity contribution in [3.05, 3.63) is 64.7 Å². The fourth-order valence-corrected chi connectivity index (χ4v) is 5.18. The van der Waals surface area contributed by atoms with E-state index in [9.17, 15) is 18.0 Å². The van der Waals surface area contributed by atoms with Gasteiger partial charge in [-0.1, -0.05) is 19.4 Å². The fourth-order valence-electron chi connectivity index (χ4n) is 5.18. The highest BCUT2D eigenvalue weighted by Gasteiger charge is 2.37. The first-order chi connectivity index (χ1) is 17.2. The van der Waals surface area contributed by atoms with E-state index in [1.54, 1.807) is 6.07 Å². The number of benzene rings is 2. The summed E-state index contributed by atoms with van der Waals surface area (Å²) in [6, 6.07) is 9.40. The molecular weight excluding hydrogens is 471 g/mol. The topological polar surface area (TPSA) is 75.9 Å². The third-order valence-electron chi connectivity index (χ3n) is 7.06. The Morgan fingerprint density at radius 2 is 1.89 bits per heavy atom. The highest BCUT2D eigenvalue weighted by atomic mass is 19.4. The average molecular weight is 500 g/mol. The summed E-state index contributed by atoms with van der Waals surface area (Å²) in [5, 5.41) is 7.37. The van der Waals surface area contributed by atoms with Crippen LogP contribution in [0.5, 0.6) is 5.75 Å². The van der Waals surface area contributed by atoms with Crippen molar-refractivity contribution in [1.82, 2.24) is 5.43 Å². The standard InChI is InChI=1S/C27H28F3N3O3/c1-2-17-14-24(32-33-25(34)31-20-8-6-7-19(15-20)27(28,29)30)35-23-16-22-18(13-21(17)23)9-12-26(36-22)10-4-3-5-11-26/h6-8,13-16H,2-5,9-12H2,1H3,(H2,31,33,34)/b32-24-. The molecule has 0 unspecified atom stereocenters. The zero-order chi connectivity index (χ0) is 25.3. The van der Waals surface area contributed by atoms with Gasteiger partial charge in [-0.15, -0.1) is 5.10 Å². The van der Waals surface area contributed by atoms with Gasteiger partial charge in [-0.3, -0.25) is 0 Å². The lowest BCUT2D eigenvalue weighted by Gasteiger charge is -2.41. The summed E-state index contributed by atoms with van der Waals surface area (Å²) in [6.07, 6.45) is 4.00. The summed E-state index contributed by atoms with van der Waals surface area (Å²) in [5.74, 6) is 0.842. The molecule has 1 aliphatic heterocycles. The van der Waals surface area contributed by atoms with Crippen LogP contribution < -0.4 is 21.0 Å². The molecule has 0 bridgehead atoms. The van der Waals surface area contributed by atoms with Crippen molar-refractivity contribution in [2.24, 2.45) is 5.10 Å². The maximum Gasteiger partial charge on any atom is 0.416 e. The molecule has 2 amide bonds. The number of amides is 2. The van der Waals surface area contributed by atoms with Crippen molar-refractivity contribution in [1.29, 1.82) is 0 Å². The normalized spacial score (nSPS) is 17.5. The second-order valence-corrected chi connectivity index (χ2v) is 9.52. The molecule has 6 nitrogen and oxygen atoms in total. The average Bonchev–Trinajstić information content (AvgIpc) is 2.86. The minimum Gasteiger partial charge on any atom is -0.487 e. The van der Waals surface area contributed by atoms with Crippen LogP contribution in [0.15, 0.2) is 52.0 Å². The van der Waals surface area contributed by atoms with Gasteiger partial charge in [0.2, 0.25) is 5.55 Å². The number of carbonyl (C=O) groups excluding carboxylic acids is 1. The number of hydrogen-bond donors (Lipinski definition) is 2. The Morgan fingerprint density at radius 1 is 1.08 bits per heavy atom. The molecule has 1 spiro atoms. The number of halogens is 3. The molecule has 1 fully saturated rings. The summed E-state index contributed by atoms with van der Waals surface area (Å²) < 4.78 is 51.2. The van der Waals surface area contributed by atoms with Gasteiger partial charge in [0.05, 0.1) is 5.56 Å². The molecule has 1 saturated carbocycles. The number of aryl methyl sites for hydroxylation is 2. The molecule has 2 aromatic carbocycles. The molecule has 5 rings (SSSR count). The Bertz CT molecular complexity index is 1360. The molecule has 0 atom stereocenters. The van der Waals surface area contributed by atoms with Gasteiger partial charge >= 0.3 is 12.2 Å². The van der Waals surface area contributed by atoms with Gasteiger partial charge in [0.1, 0.15) is 16.9 Å². The molecule has 0 saturated heterocycles. The van der Waals surface area contributed by atoms with Crippen LogP contribution >= 0.6 is 0 Å². The second kappa shape index (κ2) is 9.52. The van der Waals surface area contributed by atoms with Gasteiger partial charge in [-0.2, -0.15) is 13.2 Å². The first-order valence-corrected chi connectivity index (χ1v) is 12.3. The minimum absolute atomic E-state index is 0.00245. The lowest BCUT2D eigenvalue weighted by atomic mass is 9.79. The van der Waals surface area contributed by atoms with Crippen LogP contribution in [0, 0.1) is 0 Å². The van der Waals surface area contributed by atoms with Crippen LogP contribution in [0.1, 0.15) is 62.1 Å². The van der Waals surface area contributed by atoms with E-state index in [0.717, 1.165) is 60.9 Å². The van der Waals surface area contributed by atoms with Crippen molar-refractivity contribution >= 4 is 22.7 Å². The number of fused-ring (bicyclic) bond motifs is 2. The minimum atomic E-state index is -4.50. The maximum absolute atomic E-state index is 12.9. The number of alkyl halides is 3. The molecule has 2 aliphatic rings. The fraction of sp³-hybridized carbons (Fsp3) is 0.407. The molecular formula is C27H28F3N3O3. The Kier molecular flexibility index (Phi) is 6.40. The number of ether oxygens (including phenoxy) is 1. The van der Waals surface area contributed by atoms with E-state index < -0.39 is 17.8 Å². The molecule has 2 heterocycles. The lowest BCUT2D eigenvalue weighted by Crippen LogP contribution is -2.41. The van der Waals surface area contributed by atoms with Crippen LogP contribution in [0.2, 0.25) is 0 Å². The van der Waals surface area contributed by atoms with E-state index in [2.05, 4.69) is 21.9 Å². The number of nitrogens with zero attached hydrogens (tertiary/aromatic N) is 1. The molecule has 2 N–H and O–H groups in total. The first-order valence-electron chi connectivity index (χ1n) is 12.3. The SMILES string of the molecule is CCc1c/c(=N/NC(=O)Nc2cccc(C(F)(F)F)c2)oc2cc3c(cc12)CCC1(CCCCC1)O3. The van der Waals surface area contributed by atoms with E-state index in [0.29, 0.717) is 5.58 Å². The summed E-state index contributed by atoms with van der Waals surface area (Å²) in [5.41, 5.74) is 4.34. The quantitative estimate of drug-likeness (QED) is 0.395. The maximum atomic E-state index is 12.9. The van der Waals surface area contributed by atoms with Crippen molar-refractivity contribution in [3.63, 3.8) is 0 Å². The highest BCUT2D eigenvalue weighted by molar-refractivity contribution is 5.89. The van der Waals surface area contributed by atoms with E-state index in [-0.39, 0.29) is 16.8 Å². The molecule has 1 aromatic heterocycles. The molecule has 9 heteroatoms. The van der Waals surface area contributed by atoms with E-state index >= 15 is 0 Å². The largest absolute Gasteiger partial charge is 0.487 e. The van der Waals surface area contributed by atoms with Crippen molar-refractivity contribution in [3.8, 4) is 5.75 Å². The predicted molar refractivity (Wildman–Crippen MR) is 130 cm³/mol. The zero-order valence-electron chi connectivity index (χ0n) is 20.0. The van der Waals surface area contributed by atoms with Crippen LogP contribution in [0.4, 0.5) is 23.7 Å². The Hall–Kier alpha value is -3.49. The summed E-state index contributed by atoms with van der Waals surface area (Å²) in [4.78, 5) is 12.3. The number of nitrogens with one attached hydrogen (secondary N) is 2. The number of anilines is 1.